The van der Waals surface area contributed by atoms with Crippen molar-refractivity contribution in [3.8, 4) is 11.1 Å². The molecule has 5 rings (SSSR count). The average Bonchev–Trinajstić information content (AvgIpc) is 3.02. The summed E-state index contributed by atoms with van der Waals surface area (Å²) < 4.78 is 0. The van der Waals surface area contributed by atoms with E-state index in [0.717, 1.165) is 11.4 Å². The van der Waals surface area contributed by atoms with E-state index in [9.17, 15) is 0 Å². The predicted octanol–water partition coefficient (Wildman–Crippen LogP) is 5.52. The van der Waals surface area contributed by atoms with E-state index >= 15 is 0 Å². The van der Waals surface area contributed by atoms with Gasteiger partial charge in [-0.2, -0.15) is 0 Å². The van der Waals surface area contributed by atoms with Crippen molar-refractivity contribution < 1.29 is 0 Å². The van der Waals surface area contributed by atoms with Gasteiger partial charge in [0.2, 0.25) is 0 Å². The predicted molar refractivity (Wildman–Crippen MR) is 117 cm³/mol. The summed E-state index contributed by atoms with van der Waals surface area (Å²) in [6.45, 7) is 2.20. The highest BCUT2D eigenvalue weighted by Gasteiger charge is 2.46. The minimum Gasteiger partial charge on any atom is -0.399 e. The summed E-state index contributed by atoms with van der Waals surface area (Å²) in [5.74, 6) is 0. The van der Waals surface area contributed by atoms with Gasteiger partial charge in [0.25, 0.3) is 0 Å². The first-order valence-electron chi connectivity index (χ1n) is 9.54. The fourth-order valence-electron chi connectivity index (χ4n) is 4.80. The van der Waals surface area contributed by atoms with Crippen molar-refractivity contribution in [1.29, 1.82) is 0 Å². The van der Waals surface area contributed by atoms with Gasteiger partial charge in [0.15, 0.2) is 0 Å². The summed E-state index contributed by atoms with van der Waals surface area (Å²) in [6, 6.07) is 31.9. The Hall–Kier alpha value is -3.52. The van der Waals surface area contributed by atoms with Crippen molar-refractivity contribution >= 4 is 11.4 Å². The van der Waals surface area contributed by atoms with Gasteiger partial charge in [-0.3, -0.25) is 0 Å². The molecule has 0 unspecified atom stereocenters. The highest BCUT2D eigenvalue weighted by molar-refractivity contribution is 5.87. The second-order valence-corrected chi connectivity index (χ2v) is 7.54. The zero-order chi connectivity index (χ0) is 19.3. The molecule has 4 aromatic carbocycles. The van der Waals surface area contributed by atoms with Crippen LogP contribution in [0.4, 0.5) is 11.4 Å². The number of hydrogen-bond acceptors (Lipinski definition) is 2. The van der Waals surface area contributed by atoms with Crippen LogP contribution in [0.1, 0.15) is 27.8 Å². The smallest absolute Gasteiger partial charge is 0.0716 e. The maximum Gasteiger partial charge on any atom is 0.0716 e. The molecular formula is C26H22N2. The van der Waals surface area contributed by atoms with Gasteiger partial charge in [0.05, 0.1) is 5.41 Å². The Balaban J connectivity index is 1.98. The average molecular weight is 362 g/mol. The number of anilines is 2. The summed E-state index contributed by atoms with van der Waals surface area (Å²) in [6.07, 6.45) is 0. The third-order valence-electron chi connectivity index (χ3n) is 5.96. The zero-order valence-corrected chi connectivity index (χ0v) is 15.8. The molecule has 2 nitrogen and oxygen atoms in total. The quantitative estimate of drug-likeness (QED) is 0.406. The van der Waals surface area contributed by atoms with Crippen LogP contribution >= 0.6 is 0 Å². The molecule has 0 atom stereocenters. The van der Waals surface area contributed by atoms with Crippen molar-refractivity contribution in [2.75, 3.05) is 11.5 Å². The number of benzene rings is 4. The van der Waals surface area contributed by atoms with E-state index in [2.05, 4.69) is 73.7 Å². The molecule has 0 spiro atoms. The van der Waals surface area contributed by atoms with Crippen LogP contribution in [0.2, 0.25) is 0 Å². The first kappa shape index (κ1) is 16.6. The van der Waals surface area contributed by atoms with Crippen LogP contribution < -0.4 is 11.5 Å². The molecule has 28 heavy (non-hydrogen) atoms. The standard InChI is InChI=1S/C26H22N2/c1-17-5-4-7-23-22-6-2-3-8-24(22)26(25(17)23,18-9-13-20(27)14-10-18)19-11-15-21(28)16-12-19/h2-16H,27-28H2,1H3. The molecule has 0 fully saturated rings. The molecule has 136 valence electrons. The minimum absolute atomic E-state index is 0.390. The van der Waals surface area contributed by atoms with Gasteiger partial charge in [0, 0.05) is 11.4 Å². The van der Waals surface area contributed by atoms with E-state index in [0.29, 0.717) is 0 Å². The molecule has 0 amide bonds. The monoisotopic (exact) mass is 362 g/mol. The van der Waals surface area contributed by atoms with Crippen LogP contribution in [0.25, 0.3) is 11.1 Å². The Morgan fingerprint density at radius 3 is 1.71 bits per heavy atom. The highest BCUT2D eigenvalue weighted by atomic mass is 14.6. The summed E-state index contributed by atoms with van der Waals surface area (Å²) in [4.78, 5) is 0. The molecule has 0 radical (unpaired) electrons. The molecular weight excluding hydrogens is 340 g/mol. The van der Waals surface area contributed by atoms with Gasteiger partial charge in [-0.15, -0.1) is 0 Å². The van der Waals surface area contributed by atoms with Gasteiger partial charge >= 0.3 is 0 Å². The lowest BCUT2D eigenvalue weighted by Crippen LogP contribution is -2.29. The van der Waals surface area contributed by atoms with Gasteiger partial charge in [-0.05, 0) is 70.1 Å². The molecule has 1 aliphatic rings. The molecule has 0 saturated carbocycles. The first-order valence-corrected chi connectivity index (χ1v) is 9.54. The van der Waals surface area contributed by atoms with Crippen molar-refractivity contribution in [1.82, 2.24) is 0 Å². The highest BCUT2D eigenvalue weighted by Crippen LogP contribution is 2.57. The third kappa shape index (κ3) is 2.15. The van der Waals surface area contributed by atoms with E-state index < -0.39 is 5.41 Å². The zero-order valence-electron chi connectivity index (χ0n) is 15.8. The second-order valence-electron chi connectivity index (χ2n) is 7.54. The number of fused-ring (bicyclic) bond motifs is 3. The number of nitrogens with two attached hydrogens (primary N) is 2. The number of hydrogen-bond donors (Lipinski definition) is 2. The van der Waals surface area contributed by atoms with Crippen LogP contribution in [0.5, 0.6) is 0 Å². The molecule has 0 aromatic heterocycles. The second kappa shape index (κ2) is 6.00. The van der Waals surface area contributed by atoms with E-state index in [-0.39, 0.29) is 0 Å². The molecule has 0 aliphatic heterocycles. The van der Waals surface area contributed by atoms with Crippen molar-refractivity contribution in [3.63, 3.8) is 0 Å². The topological polar surface area (TPSA) is 52.0 Å². The molecule has 4 N–H and O–H groups in total. The molecule has 1 aliphatic carbocycles. The van der Waals surface area contributed by atoms with E-state index in [1.807, 2.05) is 24.3 Å². The Kier molecular flexibility index (Phi) is 3.56. The largest absolute Gasteiger partial charge is 0.399 e. The van der Waals surface area contributed by atoms with E-state index in [1.165, 1.54) is 38.9 Å². The fourth-order valence-corrected chi connectivity index (χ4v) is 4.80. The fraction of sp³-hybridized carbons (Fsp3) is 0.0769. The first-order chi connectivity index (χ1) is 13.6. The van der Waals surface area contributed by atoms with Gasteiger partial charge in [-0.25, -0.2) is 0 Å². The van der Waals surface area contributed by atoms with Crippen molar-refractivity contribution in [3.05, 3.63) is 119 Å². The lowest BCUT2D eigenvalue weighted by Gasteiger charge is -2.35. The summed E-state index contributed by atoms with van der Waals surface area (Å²) in [5.41, 5.74) is 22.1. The molecule has 0 bridgehead atoms. The van der Waals surface area contributed by atoms with Crippen LogP contribution in [0.15, 0.2) is 91.0 Å². The Morgan fingerprint density at radius 1 is 0.571 bits per heavy atom. The lowest BCUT2D eigenvalue weighted by molar-refractivity contribution is 0.762. The number of nitrogen functional groups attached to an aromatic ring is 2. The number of aryl methyl sites for hydroxylation is 1. The summed E-state index contributed by atoms with van der Waals surface area (Å²) >= 11 is 0. The minimum atomic E-state index is -0.390. The summed E-state index contributed by atoms with van der Waals surface area (Å²) in [7, 11) is 0. The van der Waals surface area contributed by atoms with Crippen LogP contribution in [-0.4, -0.2) is 0 Å². The lowest BCUT2D eigenvalue weighted by atomic mass is 9.66. The van der Waals surface area contributed by atoms with Crippen molar-refractivity contribution in [2.24, 2.45) is 0 Å². The Bertz CT molecular complexity index is 1130. The molecule has 4 aromatic rings. The van der Waals surface area contributed by atoms with Crippen LogP contribution in [0.3, 0.4) is 0 Å². The van der Waals surface area contributed by atoms with Gasteiger partial charge in [-0.1, -0.05) is 66.7 Å². The van der Waals surface area contributed by atoms with Crippen LogP contribution in [-0.2, 0) is 5.41 Å². The summed E-state index contributed by atoms with van der Waals surface area (Å²) in [5, 5.41) is 0. The molecule has 2 heteroatoms. The molecule has 0 saturated heterocycles. The maximum atomic E-state index is 6.03. The molecule has 0 heterocycles. The van der Waals surface area contributed by atoms with Crippen molar-refractivity contribution in [2.45, 2.75) is 12.3 Å². The van der Waals surface area contributed by atoms with Gasteiger partial charge < -0.3 is 11.5 Å². The van der Waals surface area contributed by atoms with E-state index in [1.54, 1.807) is 0 Å². The SMILES string of the molecule is Cc1cccc2c1C(c1ccc(N)cc1)(c1ccc(N)cc1)c1ccccc1-2. The number of rotatable bonds is 2. The maximum absolute atomic E-state index is 6.03. The van der Waals surface area contributed by atoms with Gasteiger partial charge in [0.1, 0.15) is 0 Å². The van der Waals surface area contributed by atoms with Crippen LogP contribution in [0, 0.1) is 6.92 Å². The Labute approximate surface area is 165 Å². The Morgan fingerprint density at radius 2 is 1.11 bits per heavy atom. The third-order valence-corrected chi connectivity index (χ3v) is 5.96. The van der Waals surface area contributed by atoms with E-state index in [4.69, 9.17) is 11.5 Å². The normalized spacial score (nSPS) is 13.8.